The average Bonchev–Trinajstić information content (AvgIpc) is 3.24. The van der Waals surface area contributed by atoms with Crippen molar-refractivity contribution in [1.29, 1.82) is 10.5 Å². The number of benzene rings is 1. The van der Waals surface area contributed by atoms with Gasteiger partial charge in [-0.1, -0.05) is 0 Å². The van der Waals surface area contributed by atoms with Crippen LogP contribution in [-0.2, 0) is 4.79 Å². The van der Waals surface area contributed by atoms with Crippen molar-refractivity contribution in [3.63, 3.8) is 0 Å². The maximum atomic E-state index is 12.2. The van der Waals surface area contributed by atoms with Crippen LogP contribution in [0.25, 0.3) is 5.69 Å². The second kappa shape index (κ2) is 6.43. The molecular weight excluding hydrogens is 304 g/mol. The summed E-state index contributed by atoms with van der Waals surface area (Å²) >= 11 is 0. The van der Waals surface area contributed by atoms with Crippen LogP contribution in [0.2, 0.25) is 0 Å². The number of rotatable bonds is 3. The normalized spacial score (nSPS) is 16.5. The second-order valence-corrected chi connectivity index (χ2v) is 5.80. The van der Waals surface area contributed by atoms with Crippen molar-refractivity contribution in [1.82, 2.24) is 14.5 Å². The lowest BCUT2D eigenvalue weighted by atomic mass is 10.1. The van der Waals surface area contributed by atoms with E-state index in [9.17, 15) is 4.79 Å². The van der Waals surface area contributed by atoms with E-state index in [4.69, 9.17) is 10.5 Å². The maximum absolute atomic E-state index is 12.2. The molecule has 0 bridgehead atoms. The second-order valence-electron chi connectivity index (χ2n) is 5.80. The van der Waals surface area contributed by atoms with Gasteiger partial charge in [0.05, 0.1) is 23.7 Å². The van der Waals surface area contributed by atoms with E-state index in [2.05, 4.69) is 22.6 Å². The van der Waals surface area contributed by atoms with Crippen LogP contribution in [-0.4, -0.2) is 33.4 Å². The number of anilines is 1. The highest BCUT2D eigenvalue weighted by atomic mass is 16.2. The van der Waals surface area contributed by atoms with Crippen LogP contribution in [0, 0.1) is 35.6 Å². The summed E-state index contributed by atoms with van der Waals surface area (Å²) in [4.78, 5) is 18.0. The van der Waals surface area contributed by atoms with E-state index in [1.807, 2.05) is 19.1 Å². The minimum Gasteiger partial charge on any atom is -0.310 e. The smallest absolute Gasteiger partial charge is 0.230 e. The van der Waals surface area contributed by atoms with Crippen LogP contribution in [0.15, 0.2) is 30.7 Å². The summed E-state index contributed by atoms with van der Waals surface area (Å²) in [5.74, 6) is 0.165. The van der Waals surface area contributed by atoms with Crippen molar-refractivity contribution in [2.75, 3.05) is 18.4 Å². The SMILES string of the molecule is Cc1cc(-n2cnc(NC(=O)[C@H]3CCN(C#N)C3)c2)ccc1C#N. The Morgan fingerprint density at radius 1 is 1.42 bits per heavy atom. The minimum absolute atomic E-state index is 0.117. The molecule has 7 heteroatoms. The van der Waals surface area contributed by atoms with E-state index in [0.717, 1.165) is 11.3 Å². The summed E-state index contributed by atoms with van der Waals surface area (Å²) in [5, 5.41) is 20.6. The van der Waals surface area contributed by atoms with E-state index < -0.39 is 0 Å². The Balaban J connectivity index is 1.70. The molecule has 1 aromatic carbocycles. The van der Waals surface area contributed by atoms with Crippen LogP contribution >= 0.6 is 0 Å². The van der Waals surface area contributed by atoms with Crippen molar-refractivity contribution in [2.45, 2.75) is 13.3 Å². The Labute approximate surface area is 139 Å². The predicted octanol–water partition coefficient (Wildman–Crippen LogP) is 1.79. The molecule has 0 spiro atoms. The summed E-state index contributed by atoms with van der Waals surface area (Å²) in [6.45, 7) is 2.95. The molecule has 1 aliphatic heterocycles. The summed E-state index contributed by atoms with van der Waals surface area (Å²) in [5.41, 5.74) is 2.39. The number of aromatic nitrogens is 2. The number of nitrogens with one attached hydrogen (secondary N) is 1. The number of carbonyl (C=O) groups is 1. The first-order chi connectivity index (χ1) is 11.6. The van der Waals surface area contributed by atoms with E-state index in [1.165, 1.54) is 0 Å². The van der Waals surface area contributed by atoms with Crippen molar-refractivity contribution in [3.8, 4) is 17.9 Å². The zero-order chi connectivity index (χ0) is 17.1. The van der Waals surface area contributed by atoms with Crippen molar-refractivity contribution in [3.05, 3.63) is 41.9 Å². The summed E-state index contributed by atoms with van der Waals surface area (Å²) in [6.07, 6.45) is 6.09. The molecule has 120 valence electrons. The predicted molar refractivity (Wildman–Crippen MR) is 86.9 cm³/mol. The van der Waals surface area contributed by atoms with Crippen molar-refractivity contribution < 1.29 is 4.79 Å². The maximum Gasteiger partial charge on any atom is 0.230 e. The first-order valence-electron chi connectivity index (χ1n) is 7.61. The molecule has 1 aromatic heterocycles. The van der Waals surface area contributed by atoms with Gasteiger partial charge in [0.1, 0.15) is 6.33 Å². The topological polar surface area (TPSA) is 97.7 Å². The number of amides is 1. The Bertz CT molecular complexity index is 857. The molecule has 0 saturated carbocycles. The fraction of sp³-hybridized carbons (Fsp3) is 0.294. The fourth-order valence-corrected chi connectivity index (χ4v) is 2.76. The molecule has 1 aliphatic rings. The summed E-state index contributed by atoms with van der Waals surface area (Å²) in [7, 11) is 0. The number of nitriles is 2. The Morgan fingerprint density at radius 2 is 2.25 bits per heavy atom. The van der Waals surface area contributed by atoms with E-state index in [0.29, 0.717) is 30.9 Å². The Morgan fingerprint density at radius 3 is 2.92 bits per heavy atom. The molecule has 1 fully saturated rings. The third kappa shape index (κ3) is 3.06. The number of carbonyl (C=O) groups excluding carboxylic acids is 1. The molecule has 0 radical (unpaired) electrons. The van der Waals surface area contributed by atoms with Gasteiger partial charge in [-0.2, -0.15) is 10.5 Å². The van der Waals surface area contributed by atoms with Gasteiger partial charge in [0.15, 0.2) is 12.0 Å². The van der Waals surface area contributed by atoms with Gasteiger partial charge in [0, 0.05) is 18.8 Å². The van der Waals surface area contributed by atoms with Gasteiger partial charge in [0.25, 0.3) is 0 Å². The van der Waals surface area contributed by atoms with Gasteiger partial charge in [0.2, 0.25) is 5.91 Å². The van der Waals surface area contributed by atoms with E-state index in [-0.39, 0.29) is 11.8 Å². The lowest BCUT2D eigenvalue weighted by molar-refractivity contribution is -0.119. The first kappa shape index (κ1) is 15.6. The number of nitrogens with zero attached hydrogens (tertiary/aromatic N) is 5. The molecular formula is C17H16N6O. The standard InChI is InChI=1S/C17H16N6O/c1-12-6-15(3-2-13(12)7-18)23-9-16(20-11-23)21-17(24)14-4-5-22(8-14)10-19/h2-3,6,9,11,14H,4-5,8H2,1H3,(H,21,24)/t14-/m0/s1. The Hall–Kier alpha value is -3.32. The first-order valence-corrected chi connectivity index (χ1v) is 7.61. The lowest BCUT2D eigenvalue weighted by Crippen LogP contribution is -2.25. The highest BCUT2D eigenvalue weighted by Crippen LogP contribution is 2.19. The van der Waals surface area contributed by atoms with Gasteiger partial charge >= 0.3 is 0 Å². The van der Waals surface area contributed by atoms with Gasteiger partial charge in [-0.3, -0.25) is 4.79 Å². The number of aryl methyl sites for hydroxylation is 1. The van der Waals surface area contributed by atoms with Gasteiger partial charge in [-0.15, -0.1) is 0 Å². The van der Waals surface area contributed by atoms with Crippen LogP contribution in [0.4, 0.5) is 5.82 Å². The molecule has 2 aromatic rings. The molecule has 1 amide bonds. The quantitative estimate of drug-likeness (QED) is 0.870. The third-order valence-corrected chi connectivity index (χ3v) is 4.16. The van der Waals surface area contributed by atoms with Crippen LogP contribution in [0.1, 0.15) is 17.5 Å². The Kier molecular flexibility index (Phi) is 4.17. The van der Waals surface area contributed by atoms with Crippen LogP contribution < -0.4 is 5.32 Å². The molecule has 7 nitrogen and oxygen atoms in total. The lowest BCUT2D eigenvalue weighted by Gasteiger charge is -2.09. The highest BCUT2D eigenvalue weighted by molar-refractivity contribution is 5.92. The average molecular weight is 320 g/mol. The molecule has 1 atom stereocenters. The molecule has 3 rings (SSSR count). The number of hydrogen-bond acceptors (Lipinski definition) is 5. The van der Waals surface area contributed by atoms with Crippen molar-refractivity contribution >= 4 is 11.7 Å². The van der Waals surface area contributed by atoms with Crippen molar-refractivity contribution in [2.24, 2.45) is 5.92 Å². The largest absolute Gasteiger partial charge is 0.310 e. The molecule has 1 saturated heterocycles. The van der Waals surface area contributed by atoms with Crippen LogP contribution in [0.5, 0.6) is 0 Å². The molecule has 24 heavy (non-hydrogen) atoms. The van der Waals surface area contributed by atoms with Gasteiger partial charge in [-0.25, -0.2) is 4.98 Å². The zero-order valence-corrected chi connectivity index (χ0v) is 13.2. The van der Waals surface area contributed by atoms with E-state index >= 15 is 0 Å². The third-order valence-electron chi connectivity index (χ3n) is 4.16. The molecule has 2 heterocycles. The minimum atomic E-state index is -0.188. The summed E-state index contributed by atoms with van der Waals surface area (Å²) in [6, 6.07) is 7.63. The zero-order valence-electron chi connectivity index (χ0n) is 13.2. The number of hydrogen-bond donors (Lipinski definition) is 1. The highest BCUT2D eigenvalue weighted by Gasteiger charge is 2.28. The monoisotopic (exact) mass is 320 g/mol. The molecule has 0 aliphatic carbocycles. The fourth-order valence-electron chi connectivity index (χ4n) is 2.76. The number of imidazole rings is 1. The number of likely N-dealkylation sites (tertiary alicyclic amines) is 1. The molecule has 1 N–H and O–H groups in total. The van der Waals surface area contributed by atoms with E-state index in [1.54, 1.807) is 28.1 Å². The van der Waals surface area contributed by atoms with Crippen LogP contribution in [0.3, 0.4) is 0 Å². The molecule has 0 unspecified atom stereocenters. The van der Waals surface area contributed by atoms with Gasteiger partial charge < -0.3 is 14.8 Å². The summed E-state index contributed by atoms with van der Waals surface area (Å²) < 4.78 is 1.79. The van der Waals surface area contributed by atoms with Gasteiger partial charge in [-0.05, 0) is 37.1 Å².